The van der Waals surface area contributed by atoms with Crippen LogP contribution < -0.4 is 5.56 Å². The molecule has 1 saturated heterocycles. The Morgan fingerprint density at radius 2 is 2.10 bits per heavy atom. The van der Waals surface area contributed by atoms with Gasteiger partial charge < -0.3 is 9.88 Å². The highest BCUT2D eigenvalue weighted by Crippen LogP contribution is 2.26. The highest BCUT2D eigenvalue weighted by Gasteiger charge is 2.21. The molecule has 4 heterocycles. The SMILES string of the molecule is C=C(/C=C\c1ncc(C)[nH]1)c1cc(=O)n2cc(C3CCN(CC)CC3)ncc2n1. The fourth-order valence-electron chi connectivity index (χ4n) is 3.73. The summed E-state index contributed by atoms with van der Waals surface area (Å²) in [6.45, 7) is 11.4. The molecule has 0 saturated carbocycles. The number of fused-ring (bicyclic) bond motifs is 1. The number of rotatable bonds is 5. The van der Waals surface area contributed by atoms with Crippen molar-refractivity contribution < 1.29 is 0 Å². The van der Waals surface area contributed by atoms with Gasteiger partial charge in [-0.05, 0) is 57.1 Å². The van der Waals surface area contributed by atoms with E-state index in [4.69, 9.17) is 0 Å². The third-order valence-electron chi connectivity index (χ3n) is 5.52. The van der Waals surface area contributed by atoms with Crippen molar-refractivity contribution in [2.75, 3.05) is 19.6 Å². The van der Waals surface area contributed by atoms with Crippen molar-refractivity contribution in [3.05, 3.63) is 70.6 Å². The van der Waals surface area contributed by atoms with Gasteiger partial charge in [-0.2, -0.15) is 0 Å². The second-order valence-electron chi connectivity index (χ2n) is 7.54. The van der Waals surface area contributed by atoms with Gasteiger partial charge in [-0.15, -0.1) is 0 Å². The van der Waals surface area contributed by atoms with Crippen LogP contribution >= 0.6 is 0 Å². The van der Waals surface area contributed by atoms with Crippen molar-refractivity contribution in [2.24, 2.45) is 0 Å². The van der Waals surface area contributed by atoms with Gasteiger partial charge in [0.15, 0.2) is 5.65 Å². The fraction of sp³-hybridized carbons (Fsp3) is 0.364. The van der Waals surface area contributed by atoms with Crippen LogP contribution in [0.3, 0.4) is 0 Å². The number of aryl methyl sites for hydroxylation is 1. The highest BCUT2D eigenvalue weighted by molar-refractivity contribution is 5.75. The lowest BCUT2D eigenvalue weighted by molar-refractivity contribution is 0.220. The number of likely N-dealkylation sites (tertiary alicyclic amines) is 1. The Bertz CT molecular complexity index is 1120. The Balaban J connectivity index is 1.57. The highest BCUT2D eigenvalue weighted by atomic mass is 16.1. The average molecular weight is 390 g/mol. The minimum absolute atomic E-state index is 0.122. The van der Waals surface area contributed by atoms with E-state index in [1.165, 1.54) is 6.07 Å². The van der Waals surface area contributed by atoms with Gasteiger partial charge in [0, 0.05) is 30.1 Å². The molecule has 3 aromatic heterocycles. The van der Waals surface area contributed by atoms with Crippen LogP contribution in [0.2, 0.25) is 0 Å². The molecule has 1 aliphatic rings. The number of H-pyrrole nitrogens is 1. The zero-order valence-electron chi connectivity index (χ0n) is 16.9. The number of aromatic amines is 1. The van der Waals surface area contributed by atoms with Crippen molar-refractivity contribution in [3.8, 4) is 0 Å². The largest absolute Gasteiger partial charge is 0.343 e. The molecule has 29 heavy (non-hydrogen) atoms. The van der Waals surface area contributed by atoms with E-state index in [2.05, 4.69) is 38.3 Å². The number of nitrogens with one attached hydrogen (secondary N) is 1. The van der Waals surface area contributed by atoms with Crippen LogP contribution in [0.5, 0.6) is 0 Å². The first-order valence-corrected chi connectivity index (χ1v) is 10.0. The van der Waals surface area contributed by atoms with Crippen molar-refractivity contribution in [1.82, 2.24) is 29.2 Å². The van der Waals surface area contributed by atoms with Gasteiger partial charge in [0.25, 0.3) is 5.56 Å². The van der Waals surface area contributed by atoms with Crippen LogP contribution in [0.4, 0.5) is 0 Å². The Hall–Kier alpha value is -3.06. The first-order valence-electron chi connectivity index (χ1n) is 10.0. The molecule has 4 rings (SSSR count). The van der Waals surface area contributed by atoms with Gasteiger partial charge in [-0.25, -0.2) is 9.97 Å². The quantitative estimate of drug-likeness (QED) is 0.678. The maximum atomic E-state index is 12.7. The van der Waals surface area contributed by atoms with E-state index in [1.54, 1.807) is 22.9 Å². The second kappa shape index (κ2) is 8.13. The van der Waals surface area contributed by atoms with Gasteiger partial charge in [0.05, 0.1) is 17.6 Å². The van der Waals surface area contributed by atoms with Gasteiger partial charge >= 0.3 is 0 Å². The summed E-state index contributed by atoms with van der Waals surface area (Å²) in [5.74, 6) is 1.13. The molecule has 7 nitrogen and oxygen atoms in total. The molecule has 0 amide bonds. The molecular formula is C22H26N6O. The molecule has 7 heteroatoms. The molecule has 0 unspecified atom stereocenters. The van der Waals surface area contributed by atoms with Crippen molar-refractivity contribution >= 4 is 17.3 Å². The molecule has 0 atom stereocenters. The molecule has 3 aromatic rings. The van der Waals surface area contributed by atoms with Crippen LogP contribution in [-0.4, -0.2) is 48.9 Å². The number of hydrogen-bond donors (Lipinski definition) is 1. The molecule has 0 bridgehead atoms. The summed E-state index contributed by atoms with van der Waals surface area (Å²) in [6.07, 6.45) is 11.1. The van der Waals surface area contributed by atoms with Gasteiger partial charge in [-0.1, -0.05) is 13.5 Å². The van der Waals surface area contributed by atoms with E-state index in [1.807, 2.05) is 19.2 Å². The summed E-state index contributed by atoms with van der Waals surface area (Å²) in [4.78, 5) is 31.7. The maximum Gasteiger partial charge on any atom is 0.258 e. The summed E-state index contributed by atoms with van der Waals surface area (Å²) in [5.41, 5.74) is 3.56. The van der Waals surface area contributed by atoms with Gasteiger partial charge in [-0.3, -0.25) is 14.2 Å². The van der Waals surface area contributed by atoms with E-state index >= 15 is 0 Å². The summed E-state index contributed by atoms with van der Waals surface area (Å²) in [5, 5.41) is 0. The first kappa shape index (κ1) is 19.3. The van der Waals surface area contributed by atoms with E-state index < -0.39 is 0 Å². The first-order chi connectivity index (χ1) is 14.0. The van der Waals surface area contributed by atoms with Crippen molar-refractivity contribution in [1.29, 1.82) is 0 Å². The molecule has 150 valence electrons. The third-order valence-corrected chi connectivity index (χ3v) is 5.52. The number of hydrogen-bond acceptors (Lipinski definition) is 5. The van der Waals surface area contributed by atoms with Crippen LogP contribution in [-0.2, 0) is 0 Å². The van der Waals surface area contributed by atoms with E-state index in [0.29, 0.717) is 22.8 Å². The summed E-state index contributed by atoms with van der Waals surface area (Å²) in [6, 6.07) is 1.52. The van der Waals surface area contributed by atoms with E-state index in [9.17, 15) is 4.79 Å². The van der Waals surface area contributed by atoms with Gasteiger partial charge in [0.1, 0.15) is 5.82 Å². The lowest BCUT2D eigenvalue weighted by Crippen LogP contribution is -2.33. The van der Waals surface area contributed by atoms with Crippen LogP contribution in [0.15, 0.2) is 42.1 Å². The minimum Gasteiger partial charge on any atom is -0.343 e. The van der Waals surface area contributed by atoms with E-state index in [-0.39, 0.29) is 5.56 Å². The molecule has 1 fully saturated rings. The lowest BCUT2D eigenvalue weighted by Gasteiger charge is -2.30. The third kappa shape index (κ3) is 4.19. The Kier molecular flexibility index (Phi) is 5.40. The summed E-state index contributed by atoms with van der Waals surface area (Å²) >= 11 is 0. The Labute approximate surface area is 169 Å². The van der Waals surface area contributed by atoms with Gasteiger partial charge in [0.2, 0.25) is 0 Å². The molecule has 0 aliphatic carbocycles. The predicted molar refractivity (Wildman–Crippen MR) is 115 cm³/mol. The number of piperidine rings is 1. The second-order valence-corrected chi connectivity index (χ2v) is 7.54. The lowest BCUT2D eigenvalue weighted by atomic mass is 9.94. The Morgan fingerprint density at radius 3 is 2.79 bits per heavy atom. The normalized spacial score (nSPS) is 16.1. The molecule has 0 aromatic carbocycles. The number of aromatic nitrogens is 5. The van der Waals surface area contributed by atoms with Crippen LogP contribution in [0.25, 0.3) is 17.3 Å². The smallest absolute Gasteiger partial charge is 0.258 e. The summed E-state index contributed by atoms with van der Waals surface area (Å²) < 4.78 is 1.59. The number of allylic oxidation sites excluding steroid dienone is 2. The van der Waals surface area contributed by atoms with Crippen molar-refractivity contribution in [3.63, 3.8) is 0 Å². The van der Waals surface area contributed by atoms with Crippen molar-refractivity contribution in [2.45, 2.75) is 32.6 Å². The zero-order valence-corrected chi connectivity index (χ0v) is 16.9. The molecule has 0 spiro atoms. The fourth-order valence-corrected chi connectivity index (χ4v) is 3.73. The predicted octanol–water partition coefficient (Wildman–Crippen LogP) is 3.05. The monoisotopic (exact) mass is 390 g/mol. The molecule has 1 N–H and O–H groups in total. The number of imidazole rings is 1. The Morgan fingerprint density at radius 1 is 1.31 bits per heavy atom. The maximum absolute atomic E-state index is 12.7. The standard InChI is InChI=1S/C22H26N6O/c1-4-27-9-7-17(8-10-27)19-14-28-21(13-23-19)26-18(11-22(28)29)15(2)5-6-20-24-12-16(3)25-20/h5-6,11-14,17H,2,4,7-10H2,1,3H3,(H,24,25)/b6-5-. The van der Waals surface area contributed by atoms with Crippen LogP contribution in [0, 0.1) is 6.92 Å². The average Bonchev–Trinajstić information content (AvgIpc) is 3.17. The molecule has 1 aliphatic heterocycles. The van der Waals surface area contributed by atoms with Crippen LogP contribution in [0.1, 0.15) is 48.6 Å². The molecule has 0 radical (unpaired) electrons. The topological polar surface area (TPSA) is 79.2 Å². The minimum atomic E-state index is -0.122. The zero-order chi connectivity index (χ0) is 20.4. The van der Waals surface area contributed by atoms with E-state index in [0.717, 1.165) is 49.7 Å². The molecular weight excluding hydrogens is 364 g/mol. The number of nitrogens with zero attached hydrogens (tertiary/aromatic N) is 5. The summed E-state index contributed by atoms with van der Waals surface area (Å²) in [7, 11) is 0.